The van der Waals surface area contributed by atoms with Crippen molar-refractivity contribution in [3.63, 3.8) is 0 Å². The van der Waals surface area contributed by atoms with Gasteiger partial charge in [-0.15, -0.1) is 5.10 Å². The molecule has 5 rings (SSSR count). The summed E-state index contributed by atoms with van der Waals surface area (Å²) in [4.78, 5) is 24.4. The highest BCUT2D eigenvalue weighted by molar-refractivity contribution is 8.15. The maximum Gasteiger partial charge on any atom is 0.240 e. The van der Waals surface area contributed by atoms with Gasteiger partial charge in [0.15, 0.2) is 5.17 Å². The lowest BCUT2D eigenvalue weighted by atomic mass is 9.64. The van der Waals surface area contributed by atoms with Crippen LogP contribution in [0, 0.1) is 25.7 Å². The molecule has 2 aromatic rings. The second-order valence-corrected chi connectivity index (χ2v) is 11.1. The van der Waals surface area contributed by atoms with Gasteiger partial charge >= 0.3 is 0 Å². The molecule has 2 aromatic carbocycles. The topological polar surface area (TPSA) is 73.8 Å². The van der Waals surface area contributed by atoms with Gasteiger partial charge in [-0.1, -0.05) is 77.8 Å². The molecule has 3 unspecified atom stereocenters. The number of carbonyl (C=O) groups excluding carboxylic acids is 2. The van der Waals surface area contributed by atoms with Gasteiger partial charge in [0.25, 0.3) is 0 Å². The average Bonchev–Trinajstić information content (AvgIpc) is 3.13. The number of hydrazone groups is 1. The number of aryl methyl sites for hydroxylation is 2. The molecule has 1 saturated carbocycles. The van der Waals surface area contributed by atoms with Gasteiger partial charge in [-0.3, -0.25) is 9.59 Å². The van der Waals surface area contributed by atoms with Gasteiger partial charge in [-0.2, -0.15) is 0 Å². The fraction of sp³-hybridized carbons (Fsp3) is 0.444. The van der Waals surface area contributed by atoms with Crippen molar-refractivity contribution in [1.29, 1.82) is 0 Å². The van der Waals surface area contributed by atoms with E-state index in [1.54, 1.807) is 23.7 Å². The molecule has 178 valence electrons. The van der Waals surface area contributed by atoms with Crippen LogP contribution < -0.4 is 10.6 Å². The number of nitrogens with zero attached hydrogens (tertiary/aromatic N) is 2. The molecule has 2 N–H and O–H groups in total. The molecule has 5 atom stereocenters. The third-order valence-corrected chi connectivity index (χ3v) is 8.98. The Morgan fingerprint density at radius 3 is 1.88 bits per heavy atom. The monoisotopic (exact) mass is 476 g/mol. The largest absolute Gasteiger partial charge is 0.304 e. The number of carbonyl (C=O) groups is 2. The molecule has 1 aliphatic carbocycles. The van der Waals surface area contributed by atoms with Crippen LogP contribution in [0.4, 0.5) is 0 Å². The molecule has 2 heterocycles. The van der Waals surface area contributed by atoms with Crippen LogP contribution in [0.5, 0.6) is 0 Å². The Balaban J connectivity index is 1.66. The summed E-state index contributed by atoms with van der Waals surface area (Å²) >= 11 is 1.58. The zero-order valence-electron chi connectivity index (χ0n) is 20.2. The number of hydrogen-bond acceptors (Lipinski definition) is 5. The minimum Gasteiger partial charge on any atom is -0.304 e. The number of thioether (sulfide) groups is 1. The summed E-state index contributed by atoms with van der Waals surface area (Å²) in [6.45, 7) is 7.27. The third kappa shape index (κ3) is 3.85. The molecule has 6 nitrogen and oxygen atoms in total. The highest BCUT2D eigenvalue weighted by Gasteiger charge is 2.64. The summed E-state index contributed by atoms with van der Waals surface area (Å²) in [6.07, 6.45) is 3.08. The molecule has 34 heavy (non-hydrogen) atoms. The smallest absolute Gasteiger partial charge is 0.240 e. The summed E-state index contributed by atoms with van der Waals surface area (Å²) in [5.41, 5.74) is 4.90. The summed E-state index contributed by atoms with van der Waals surface area (Å²) in [7, 11) is 0. The van der Waals surface area contributed by atoms with Crippen LogP contribution in [-0.2, 0) is 9.59 Å². The second-order valence-electron chi connectivity index (χ2n) is 9.86. The lowest BCUT2D eigenvalue weighted by Gasteiger charge is -2.59. The molecule has 0 radical (unpaired) electrons. The predicted molar refractivity (Wildman–Crippen MR) is 136 cm³/mol. The molecule has 7 heteroatoms. The van der Waals surface area contributed by atoms with Crippen LogP contribution in [0.15, 0.2) is 53.6 Å². The lowest BCUT2D eigenvalue weighted by molar-refractivity contribution is -0.140. The molecule has 2 aliphatic heterocycles. The normalized spacial score (nSPS) is 30.2. The molecule has 1 saturated heterocycles. The Kier molecular flexibility index (Phi) is 6.02. The van der Waals surface area contributed by atoms with Gasteiger partial charge in [0.1, 0.15) is 4.87 Å². The van der Waals surface area contributed by atoms with Gasteiger partial charge in [-0.25, -0.2) is 5.01 Å². The number of piperidine rings is 1. The van der Waals surface area contributed by atoms with Crippen molar-refractivity contribution in [1.82, 2.24) is 15.6 Å². The summed E-state index contributed by atoms with van der Waals surface area (Å²) in [5.74, 6) is 0.0483. The highest BCUT2D eigenvalue weighted by atomic mass is 32.2. The van der Waals surface area contributed by atoms with E-state index < -0.39 is 4.87 Å². The summed E-state index contributed by atoms with van der Waals surface area (Å²) in [5, 5.41) is 13.8. The van der Waals surface area contributed by atoms with E-state index in [0.29, 0.717) is 5.17 Å². The first kappa shape index (κ1) is 23.1. The number of hydrogen-bond donors (Lipinski definition) is 2. The van der Waals surface area contributed by atoms with Crippen LogP contribution >= 0.6 is 11.8 Å². The fourth-order valence-electron chi connectivity index (χ4n) is 6.06. The van der Waals surface area contributed by atoms with Crippen molar-refractivity contribution >= 4 is 28.7 Å². The van der Waals surface area contributed by atoms with Gasteiger partial charge < -0.3 is 10.6 Å². The van der Waals surface area contributed by atoms with Crippen LogP contribution in [0.25, 0.3) is 0 Å². The maximum absolute atomic E-state index is 13.0. The molecule has 2 amide bonds. The summed E-state index contributed by atoms with van der Waals surface area (Å²) in [6, 6.07) is 17.6. The van der Waals surface area contributed by atoms with Gasteiger partial charge in [-0.05, 0) is 37.8 Å². The number of amides is 2. The van der Waals surface area contributed by atoms with Gasteiger partial charge in [0.2, 0.25) is 11.8 Å². The first-order valence-electron chi connectivity index (χ1n) is 12.0. The molecular weight excluding hydrogens is 444 g/mol. The van der Waals surface area contributed by atoms with E-state index in [2.05, 4.69) is 78.1 Å². The zero-order chi connectivity index (χ0) is 24.0. The molecule has 2 fully saturated rings. The van der Waals surface area contributed by atoms with Crippen molar-refractivity contribution in [2.24, 2.45) is 16.9 Å². The van der Waals surface area contributed by atoms with E-state index in [1.165, 1.54) is 29.2 Å². The van der Waals surface area contributed by atoms with Crippen LogP contribution in [0.3, 0.4) is 0 Å². The number of rotatable bonds is 2. The third-order valence-electron chi connectivity index (χ3n) is 7.49. The Bertz CT molecular complexity index is 1070. The Labute approximate surface area is 205 Å². The van der Waals surface area contributed by atoms with Crippen LogP contribution in [0.1, 0.15) is 67.4 Å². The first-order chi connectivity index (χ1) is 16.3. The number of nitrogens with one attached hydrogen (secondary N) is 2. The van der Waals surface area contributed by atoms with Crippen molar-refractivity contribution in [2.75, 3.05) is 0 Å². The fourth-order valence-corrected chi connectivity index (χ4v) is 7.75. The van der Waals surface area contributed by atoms with Crippen molar-refractivity contribution in [2.45, 2.75) is 63.9 Å². The van der Waals surface area contributed by atoms with Crippen LogP contribution in [-0.4, -0.2) is 26.9 Å². The molecule has 3 aliphatic rings. The quantitative estimate of drug-likeness (QED) is 0.653. The van der Waals surface area contributed by atoms with E-state index >= 15 is 0 Å². The minimum absolute atomic E-state index is 0.0599. The molecule has 2 bridgehead atoms. The van der Waals surface area contributed by atoms with Crippen molar-refractivity contribution in [3.8, 4) is 0 Å². The van der Waals surface area contributed by atoms with E-state index in [9.17, 15) is 9.59 Å². The standard InChI is InChI=1S/C27H32N4O2S/c1-16-8-12-20(13-9-16)24-22-6-5-7-23(25(29-24)21-14-10-17(2)11-15-21)27(22)31(19(4)33)30-26(34-27)28-18(3)32/h8-15,22-25,29H,5-7H2,1-4H3,(H,28,30,32)/t22-,23+,24?,25?,27?. The van der Waals surface area contributed by atoms with E-state index in [0.717, 1.165) is 19.3 Å². The van der Waals surface area contributed by atoms with Gasteiger partial charge in [0.05, 0.1) is 0 Å². The minimum atomic E-state index is -0.557. The maximum atomic E-state index is 13.0. The lowest BCUT2D eigenvalue weighted by Crippen LogP contribution is -2.65. The Morgan fingerprint density at radius 2 is 1.44 bits per heavy atom. The Hall–Kier alpha value is -2.64. The molecule has 1 spiro atoms. The average molecular weight is 477 g/mol. The van der Waals surface area contributed by atoms with E-state index in [1.807, 2.05) is 0 Å². The molecule has 0 aromatic heterocycles. The van der Waals surface area contributed by atoms with Crippen LogP contribution in [0.2, 0.25) is 0 Å². The number of amidine groups is 1. The SMILES string of the molecule is CC(=O)NC1=NN(C(C)=O)C2(S1)[C@@H]1CCC[C@H]2C(c2ccc(C)cc2)NC1c1ccc(C)cc1. The second kappa shape index (κ2) is 8.86. The number of benzene rings is 2. The van der Waals surface area contributed by atoms with Crippen molar-refractivity contribution < 1.29 is 9.59 Å². The zero-order valence-corrected chi connectivity index (χ0v) is 21.0. The summed E-state index contributed by atoms with van der Waals surface area (Å²) < 4.78 is 0. The Morgan fingerprint density at radius 1 is 0.941 bits per heavy atom. The van der Waals surface area contributed by atoms with E-state index in [4.69, 9.17) is 0 Å². The first-order valence-corrected chi connectivity index (χ1v) is 12.9. The highest BCUT2D eigenvalue weighted by Crippen LogP contribution is 2.62. The van der Waals surface area contributed by atoms with E-state index in [-0.39, 0.29) is 35.7 Å². The predicted octanol–water partition coefficient (Wildman–Crippen LogP) is 4.80. The van der Waals surface area contributed by atoms with Gasteiger partial charge in [0, 0.05) is 37.8 Å². The van der Waals surface area contributed by atoms with Crippen molar-refractivity contribution in [3.05, 3.63) is 70.8 Å². The molecular formula is C27H32N4O2S.